The fourth-order valence-corrected chi connectivity index (χ4v) is 10.3. The second-order valence-corrected chi connectivity index (χ2v) is 23.1. The number of rotatable bonds is 33. The molecule has 0 spiro atoms. The predicted octanol–water partition coefficient (Wildman–Crippen LogP) is -0.811. The van der Waals surface area contributed by atoms with Crippen molar-refractivity contribution in [2.75, 3.05) is 13.6 Å². The summed E-state index contributed by atoms with van der Waals surface area (Å²) in [5, 5.41) is 55.6. The van der Waals surface area contributed by atoms with Gasteiger partial charge in [0.15, 0.2) is 5.96 Å². The van der Waals surface area contributed by atoms with Crippen molar-refractivity contribution in [3.05, 3.63) is 138 Å². The number of nitrogens with one attached hydrogen (secondary N) is 15. The van der Waals surface area contributed by atoms with Crippen molar-refractivity contribution in [3.63, 3.8) is 0 Å². The van der Waals surface area contributed by atoms with Gasteiger partial charge in [0, 0.05) is 80.4 Å². The number of amides is 12. The van der Waals surface area contributed by atoms with Gasteiger partial charge in [-0.25, -0.2) is 14.6 Å². The zero-order valence-electron chi connectivity index (χ0n) is 52.9. The van der Waals surface area contributed by atoms with Crippen molar-refractivity contribution >= 4 is 92.9 Å². The van der Waals surface area contributed by atoms with Gasteiger partial charge in [0.1, 0.15) is 59.9 Å². The number of aromatic nitrogens is 2. The SMILES string of the molecule is CNC(=N)NCCC[C@H](NC(=O)[C@H](CC(C)C)NC(=O)NNC(=O)[C@H](Cc1ccccc1F)NC(=O)[C@@H](NC(=O)[C@H](CC(N)=O)NC(=O)[C@@H](Cc1c[nH]c2ccccc12)NC(=O)[C@@H](Cc1ccc(O)cc1)NC(C)=O)[C@@H](C)O)C(=O)N[C@@H](Cc1c[nH]c2ccccc12)C(N)=O. The Morgan fingerprint density at radius 2 is 1.04 bits per heavy atom. The molecule has 12 amide bonds. The number of benzene rings is 4. The summed E-state index contributed by atoms with van der Waals surface area (Å²) in [6, 6.07) is 11.6. The molecule has 508 valence electrons. The molecule has 6 aromatic rings. The molecule has 0 aliphatic carbocycles. The van der Waals surface area contributed by atoms with Crippen LogP contribution in [0.2, 0.25) is 0 Å². The average molecular weight is 1320 g/mol. The summed E-state index contributed by atoms with van der Waals surface area (Å²) in [6.45, 7) is 5.92. The molecule has 4 aromatic carbocycles. The first-order valence-electron chi connectivity index (χ1n) is 30.5. The van der Waals surface area contributed by atoms with Crippen LogP contribution in [-0.4, -0.2) is 159 Å². The van der Waals surface area contributed by atoms with Crippen LogP contribution in [-0.2, 0) is 73.6 Å². The van der Waals surface area contributed by atoms with Crippen LogP contribution in [0.25, 0.3) is 21.8 Å². The van der Waals surface area contributed by atoms with Crippen molar-refractivity contribution in [1.29, 1.82) is 5.41 Å². The second kappa shape index (κ2) is 35.1. The third kappa shape index (κ3) is 22.3. The summed E-state index contributed by atoms with van der Waals surface area (Å²) >= 11 is 0. The van der Waals surface area contributed by atoms with Gasteiger partial charge in [0.2, 0.25) is 53.2 Å². The number of primary amides is 2. The maximum atomic E-state index is 15.3. The van der Waals surface area contributed by atoms with E-state index in [2.05, 4.69) is 74.0 Å². The highest BCUT2D eigenvalue weighted by molar-refractivity contribution is 5.99. The number of hydrogen-bond donors (Lipinski definition) is 19. The van der Waals surface area contributed by atoms with Crippen LogP contribution < -0.4 is 75.5 Å². The first-order chi connectivity index (χ1) is 45.2. The number of aliphatic hydroxyl groups excluding tert-OH is 1. The minimum atomic E-state index is -2.00. The number of hydrogen-bond acceptors (Lipinski definition) is 14. The number of nitrogens with two attached hydrogens (primary N) is 2. The number of phenolic OH excluding ortho intramolecular Hbond substituents is 1. The maximum Gasteiger partial charge on any atom is 0.334 e. The van der Waals surface area contributed by atoms with E-state index < -0.39 is 138 Å². The third-order valence-electron chi connectivity index (χ3n) is 15.2. The Balaban J connectivity index is 1.17. The second-order valence-electron chi connectivity index (χ2n) is 23.1. The largest absolute Gasteiger partial charge is 0.508 e. The number of H-pyrrole nitrogens is 2. The lowest BCUT2D eigenvalue weighted by molar-refractivity contribution is -0.137. The van der Waals surface area contributed by atoms with E-state index in [-0.39, 0.29) is 68.3 Å². The zero-order valence-corrected chi connectivity index (χ0v) is 52.9. The molecule has 0 bridgehead atoms. The maximum absolute atomic E-state index is 15.3. The van der Waals surface area contributed by atoms with Gasteiger partial charge in [-0.2, -0.15) is 0 Å². The number of aromatic amines is 2. The van der Waals surface area contributed by atoms with Crippen LogP contribution in [0.4, 0.5) is 9.18 Å². The fourth-order valence-electron chi connectivity index (χ4n) is 10.3. The van der Waals surface area contributed by atoms with Crippen LogP contribution >= 0.6 is 0 Å². The zero-order chi connectivity index (χ0) is 69.5. The standard InChI is InChI=1S/C64H82FN17O13/c1-33(2)25-48(57(89)74-46(19-12-24-70-63(68)69-5)56(88)75-47(55(67)87)28-38-31-71-44-17-10-7-14-41(38)44)79-64(95)82-81-61(93)51(27-37-13-6-9-16-43(37)65)78-62(94)54(34(3)83)80-60(92)52(30-53(66)86)77-59(91)50(29-39-32-72-45-18-11-8-15-42(39)45)76-58(90)49(73-35(4)84)26-36-20-22-40(85)23-21-36/h6-11,13-18,20-23,31-34,46-52,54,71-72,83,85H,12,19,24-30H2,1-5H3,(H2,66,86)(H2,67,87)(H,73,84)(H,74,89)(H,75,88)(H,76,90)(H,77,91)(H,78,94)(H,80,92)(H,81,93)(H3,68,69,70)(H2,79,82,95)/t34-,46+,47+,48+,49-,50-,51+,52+,54+/m1/s1. The molecule has 0 aliphatic rings. The van der Waals surface area contributed by atoms with Crippen molar-refractivity contribution in [3.8, 4) is 5.75 Å². The molecule has 0 fully saturated rings. The van der Waals surface area contributed by atoms with E-state index in [0.29, 0.717) is 27.6 Å². The summed E-state index contributed by atoms with van der Waals surface area (Å²) in [5.41, 5.74) is 18.6. The lowest BCUT2D eigenvalue weighted by Gasteiger charge is -2.28. The Morgan fingerprint density at radius 1 is 0.547 bits per heavy atom. The normalized spacial score (nSPS) is 13.9. The van der Waals surface area contributed by atoms with Crippen LogP contribution in [0.3, 0.4) is 0 Å². The number of halogens is 1. The van der Waals surface area contributed by atoms with Gasteiger partial charge < -0.3 is 84.8 Å². The number of aliphatic hydroxyl groups is 1. The van der Waals surface area contributed by atoms with Gasteiger partial charge >= 0.3 is 6.03 Å². The van der Waals surface area contributed by atoms with Gasteiger partial charge in [-0.3, -0.25) is 58.8 Å². The van der Waals surface area contributed by atoms with E-state index in [1.165, 1.54) is 56.4 Å². The minimum Gasteiger partial charge on any atom is -0.508 e. The number of para-hydroxylation sites is 2. The topological polar surface area (TPSA) is 480 Å². The average Bonchev–Trinajstić information content (AvgIpc) is 1.75. The van der Waals surface area contributed by atoms with Crippen molar-refractivity contribution in [1.82, 2.24) is 74.0 Å². The Kier molecular flexibility index (Phi) is 26.9. The van der Waals surface area contributed by atoms with Gasteiger partial charge in [0.05, 0.1) is 12.5 Å². The van der Waals surface area contributed by atoms with Gasteiger partial charge in [-0.05, 0) is 84.7 Å². The van der Waals surface area contributed by atoms with Crippen molar-refractivity contribution < 1.29 is 67.3 Å². The van der Waals surface area contributed by atoms with Crippen LogP contribution in [0, 0.1) is 17.1 Å². The number of aromatic hydroxyl groups is 1. The molecule has 21 N–H and O–H groups in total. The van der Waals surface area contributed by atoms with Gasteiger partial charge in [0.25, 0.3) is 5.91 Å². The van der Waals surface area contributed by atoms with Crippen molar-refractivity contribution in [2.24, 2.45) is 17.4 Å². The number of phenols is 1. The van der Waals surface area contributed by atoms with Gasteiger partial charge in [-0.1, -0.05) is 80.6 Å². The van der Waals surface area contributed by atoms with E-state index in [4.69, 9.17) is 16.9 Å². The molecule has 0 saturated heterocycles. The lowest BCUT2D eigenvalue weighted by atomic mass is 10.0. The van der Waals surface area contributed by atoms with Crippen LogP contribution in [0.15, 0.2) is 109 Å². The van der Waals surface area contributed by atoms with E-state index >= 15 is 4.39 Å². The molecule has 95 heavy (non-hydrogen) atoms. The summed E-state index contributed by atoms with van der Waals surface area (Å²) in [6.07, 6.45) is -0.191. The molecule has 9 atom stereocenters. The first kappa shape index (κ1) is 72.9. The summed E-state index contributed by atoms with van der Waals surface area (Å²) in [4.78, 5) is 157. The van der Waals surface area contributed by atoms with Crippen molar-refractivity contribution in [2.45, 2.75) is 134 Å². The Hall–Kier alpha value is -11.1. The highest BCUT2D eigenvalue weighted by atomic mass is 19.1. The van der Waals surface area contributed by atoms with Gasteiger partial charge in [-0.15, -0.1) is 0 Å². The highest BCUT2D eigenvalue weighted by Crippen LogP contribution is 2.22. The Labute approximate surface area is 545 Å². The quantitative estimate of drug-likeness (QED) is 0.0104. The number of fused-ring (bicyclic) bond motifs is 2. The van der Waals surface area contributed by atoms with Crippen LogP contribution in [0.5, 0.6) is 5.75 Å². The molecule has 0 radical (unpaired) electrons. The Morgan fingerprint density at radius 3 is 1.61 bits per heavy atom. The van der Waals surface area contributed by atoms with E-state index in [0.717, 1.165) is 23.9 Å². The number of carbonyl (C=O) groups excluding carboxylic acids is 11. The number of hydrazine groups is 1. The third-order valence-corrected chi connectivity index (χ3v) is 15.2. The molecule has 0 saturated carbocycles. The number of carbonyl (C=O) groups is 11. The molecule has 0 unspecified atom stereocenters. The fraction of sp³-hybridized carbons (Fsp3) is 0.375. The van der Waals surface area contributed by atoms with E-state index in [9.17, 15) is 63.0 Å². The molecule has 31 heteroatoms. The minimum absolute atomic E-state index is 0.00469. The Bertz CT molecular complexity index is 3730. The monoisotopic (exact) mass is 1320 g/mol. The molecular weight excluding hydrogens is 1230 g/mol. The number of guanidine groups is 1. The molecule has 0 aliphatic heterocycles. The molecule has 2 heterocycles. The first-order valence-corrected chi connectivity index (χ1v) is 30.5. The van der Waals surface area contributed by atoms with E-state index in [1.807, 2.05) is 24.3 Å². The number of urea groups is 1. The predicted molar refractivity (Wildman–Crippen MR) is 347 cm³/mol. The van der Waals surface area contributed by atoms with E-state index in [1.54, 1.807) is 50.5 Å². The molecule has 30 nitrogen and oxygen atoms in total. The van der Waals surface area contributed by atoms with Crippen LogP contribution in [0.1, 0.15) is 75.6 Å². The summed E-state index contributed by atoms with van der Waals surface area (Å²) < 4.78 is 15.3. The summed E-state index contributed by atoms with van der Waals surface area (Å²) in [7, 11) is 1.53. The lowest BCUT2D eigenvalue weighted by Crippen LogP contribution is -2.62. The highest BCUT2D eigenvalue weighted by Gasteiger charge is 2.37. The summed E-state index contributed by atoms with van der Waals surface area (Å²) in [5.74, 6) is -11.0. The molecule has 6 rings (SSSR count). The molecule has 2 aromatic heterocycles. The smallest absolute Gasteiger partial charge is 0.334 e. The molecular formula is C64H82FN17O13.